The largest absolute Gasteiger partial charge is 0.467 e. The van der Waals surface area contributed by atoms with Gasteiger partial charge in [-0.3, -0.25) is 4.79 Å². The Kier molecular flexibility index (Phi) is 5.62. The Labute approximate surface area is 127 Å². The molecule has 0 spiro atoms. The molecule has 5 heteroatoms. The maximum absolute atomic E-state index is 12.7. The molecule has 5 nitrogen and oxygen atoms in total. The summed E-state index contributed by atoms with van der Waals surface area (Å²) in [6, 6.07) is -0.394. The summed E-state index contributed by atoms with van der Waals surface area (Å²) < 4.78 is 4.85. The van der Waals surface area contributed by atoms with Gasteiger partial charge in [0.25, 0.3) is 0 Å². The zero-order valence-electron chi connectivity index (χ0n) is 13.1. The first-order chi connectivity index (χ1) is 10.1. The minimum atomic E-state index is -0.394. The second-order valence-corrected chi connectivity index (χ2v) is 6.56. The fraction of sp³-hybridized carbons (Fsp3) is 0.875. The number of carbonyl (C=O) groups is 2. The van der Waals surface area contributed by atoms with Crippen molar-refractivity contribution in [3.05, 3.63) is 0 Å². The predicted molar refractivity (Wildman–Crippen MR) is 80.6 cm³/mol. The maximum Gasteiger partial charge on any atom is 0.328 e. The van der Waals surface area contributed by atoms with Gasteiger partial charge in [-0.25, -0.2) is 4.79 Å². The molecule has 0 radical (unpaired) electrons. The van der Waals surface area contributed by atoms with Crippen LogP contribution in [0.25, 0.3) is 0 Å². The van der Waals surface area contributed by atoms with Gasteiger partial charge in [0.15, 0.2) is 0 Å². The number of methoxy groups -OCH3 is 1. The van der Waals surface area contributed by atoms with Crippen LogP contribution in [-0.4, -0.2) is 43.0 Å². The van der Waals surface area contributed by atoms with Crippen molar-refractivity contribution in [2.45, 2.75) is 63.8 Å². The molecule has 1 heterocycles. The van der Waals surface area contributed by atoms with Crippen LogP contribution in [0.1, 0.15) is 57.8 Å². The second kappa shape index (κ2) is 7.25. The van der Waals surface area contributed by atoms with Crippen molar-refractivity contribution in [1.82, 2.24) is 4.90 Å². The summed E-state index contributed by atoms with van der Waals surface area (Å²) in [4.78, 5) is 26.3. The second-order valence-electron chi connectivity index (χ2n) is 6.56. The summed E-state index contributed by atoms with van der Waals surface area (Å²) in [6.07, 6.45) is 8.77. The molecule has 1 amide bonds. The number of nitrogens with zero attached hydrogens (tertiary/aromatic N) is 1. The molecule has 1 saturated carbocycles. The average molecular weight is 296 g/mol. The smallest absolute Gasteiger partial charge is 0.328 e. The van der Waals surface area contributed by atoms with E-state index in [1.54, 1.807) is 4.90 Å². The van der Waals surface area contributed by atoms with Gasteiger partial charge < -0.3 is 15.4 Å². The molecular formula is C16H28N2O3. The van der Waals surface area contributed by atoms with E-state index in [2.05, 4.69) is 0 Å². The van der Waals surface area contributed by atoms with Crippen LogP contribution in [-0.2, 0) is 14.3 Å². The van der Waals surface area contributed by atoms with E-state index in [4.69, 9.17) is 10.5 Å². The number of amides is 1. The summed E-state index contributed by atoms with van der Waals surface area (Å²) in [6.45, 7) is 1.23. The first-order valence-electron chi connectivity index (χ1n) is 8.19. The van der Waals surface area contributed by atoms with E-state index < -0.39 is 6.04 Å². The topological polar surface area (TPSA) is 72.6 Å². The molecule has 1 aliphatic heterocycles. The molecule has 2 rings (SSSR count). The van der Waals surface area contributed by atoms with Gasteiger partial charge in [0.05, 0.1) is 7.11 Å². The van der Waals surface area contributed by atoms with Crippen LogP contribution >= 0.6 is 0 Å². The van der Waals surface area contributed by atoms with Crippen LogP contribution in [0, 0.1) is 5.41 Å². The van der Waals surface area contributed by atoms with Crippen molar-refractivity contribution in [2.75, 3.05) is 20.2 Å². The number of likely N-dealkylation sites (tertiary alicyclic amines) is 1. The van der Waals surface area contributed by atoms with Crippen molar-refractivity contribution in [3.8, 4) is 0 Å². The van der Waals surface area contributed by atoms with Gasteiger partial charge in [0, 0.05) is 13.0 Å². The Morgan fingerprint density at radius 2 is 1.90 bits per heavy atom. The molecule has 120 valence electrons. The molecule has 0 aromatic carbocycles. The van der Waals surface area contributed by atoms with Gasteiger partial charge in [-0.15, -0.1) is 0 Å². The van der Waals surface area contributed by atoms with Crippen LogP contribution < -0.4 is 5.73 Å². The van der Waals surface area contributed by atoms with Crippen molar-refractivity contribution in [1.29, 1.82) is 0 Å². The Morgan fingerprint density at radius 3 is 2.52 bits per heavy atom. The summed E-state index contributed by atoms with van der Waals surface area (Å²) in [5.41, 5.74) is 5.93. The van der Waals surface area contributed by atoms with E-state index in [1.807, 2.05) is 0 Å². The fourth-order valence-corrected chi connectivity index (χ4v) is 3.79. The summed E-state index contributed by atoms with van der Waals surface area (Å²) in [7, 11) is 1.39. The first kappa shape index (κ1) is 16.3. The highest BCUT2D eigenvalue weighted by atomic mass is 16.5. The minimum absolute atomic E-state index is 0.0482. The Balaban J connectivity index is 2.04. The van der Waals surface area contributed by atoms with Crippen molar-refractivity contribution >= 4 is 11.9 Å². The highest BCUT2D eigenvalue weighted by Crippen LogP contribution is 2.39. The molecule has 2 aliphatic rings. The molecular weight excluding hydrogens is 268 g/mol. The van der Waals surface area contributed by atoms with Crippen LogP contribution in [0.15, 0.2) is 0 Å². The number of hydrogen-bond acceptors (Lipinski definition) is 4. The van der Waals surface area contributed by atoms with Gasteiger partial charge in [0.2, 0.25) is 5.91 Å². The summed E-state index contributed by atoms with van der Waals surface area (Å²) in [5.74, 6) is -0.203. The number of hydrogen-bond donors (Lipinski definition) is 1. The summed E-state index contributed by atoms with van der Waals surface area (Å²) >= 11 is 0. The van der Waals surface area contributed by atoms with Crippen molar-refractivity contribution < 1.29 is 14.3 Å². The van der Waals surface area contributed by atoms with E-state index >= 15 is 0 Å². The Morgan fingerprint density at radius 1 is 1.19 bits per heavy atom. The van der Waals surface area contributed by atoms with E-state index in [-0.39, 0.29) is 17.3 Å². The van der Waals surface area contributed by atoms with Gasteiger partial charge >= 0.3 is 5.97 Å². The molecule has 1 aliphatic carbocycles. The number of esters is 1. The maximum atomic E-state index is 12.7. The molecule has 2 fully saturated rings. The van der Waals surface area contributed by atoms with Gasteiger partial charge in [-0.05, 0) is 44.1 Å². The molecule has 0 aromatic rings. The quantitative estimate of drug-likeness (QED) is 0.803. The van der Waals surface area contributed by atoms with Crippen LogP contribution in [0.5, 0.6) is 0 Å². The first-order valence-corrected chi connectivity index (χ1v) is 8.19. The Bertz CT molecular complexity index is 378. The van der Waals surface area contributed by atoms with Gasteiger partial charge in [-0.2, -0.15) is 0 Å². The zero-order valence-corrected chi connectivity index (χ0v) is 13.1. The van der Waals surface area contributed by atoms with E-state index in [9.17, 15) is 9.59 Å². The predicted octanol–water partition coefficient (Wildman–Crippen LogP) is 1.84. The third-order valence-electron chi connectivity index (χ3n) is 5.17. The fourth-order valence-electron chi connectivity index (χ4n) is 3.79. The molecule has 1 unspecified atom stereocenters. The third kappa shape index (κ3) is 3.76. The monoisotopic (exact) mass is 296 g/mol. The number of carbonyl (C=O) groups excluding carboxylic acids is 2. The lowest BCUT2D eigenvalue weighted by molar-refractivity contribution is -0.155. The van der Waals surface area contributed by atoms with Gasteiger partial charge in [0.1, 0.15) is 6.04 Å². The Hall–Kier alpha value is -1.10. The van der Waals surface area contributed by atoms with Crippen LogP contribution in [0.3, 0.4) is 0 Å². The lowest BCUT2D eigenvalue weighted by Gasteiger charge is -2.40. The number of piperidine rings is 1. The normalized spacial score (nSPS) is 25.4. The van der Waals surface area contributed by atoms with E-state index in [0.717, 1.165) is 38.5 Å². The van der Waals surface area contributed by atoms with Crippen molar-refractivity contribution in [3.63, 3.8) is 0 Å². The highest BCUT2D eigenvalue weighted by molar-refractivity contribution is 5.85. The highest BCUT2D eigenvalue weighted by Gasteiger charge is 2.38. The third-order valence-corrected chi connectivity index (χ3v) is 5.17. The van der Waals surface area contributed by atoms with Gasteiger partial charge in [-0.1, -0.05) is 19.3 Å². The lowest BCUT2D eigenvalue weighted by Crippen LogP contribution is -2.50. The standard InChI is InChI=1S/C16H28N2O3/c1-21-15(20)13-7-3-6-10-18(13)14(19)11-16(12-17)8-4-2-5-9-16/h13H,2-12,17H2,1H3. The van der Waals surface area contributed by atoms with E-state index in [1.165, 1.54) is 13.5 Å². The number of nitrogens with two attached hydrogens (primary N) is 1. The molecule has 21 heavy (non-hydrogen) atoms. The molecule has 0 aromatic heterocycles. The van der Waals surface area contributed by atoms with Crippen molar-refractivity contribution in [2.24, 2.45) is 11.1 Å². The summed E-state index contributed by atoms with van der Waals surface area (Å²) in [5, 5.41) is 0. The van der Waals surface area contributed by atoms with Crippen LogP contribution in [0.4, 0.5) is 0 Å². The number of ether oxygens (including phenoxy) is 1. The van der Waals surface area contributed by atoms with E-state index in [0.29, 0.717) is 25.9 Å². The molecule has 2 N–H and O–H groups in total. The molecule has 1 saturated heterocycles. The zero-order chi connectivity index (χ0) is 15.3. The minimum Gasteiger partial charge on any atom is -0.467 e. The SMILES string of the molecule is COC(=O)C1CCCCN1C(=O)CC1(CN)CCCCC1. The average Bonchev–Trinajstić information content (AvgIpc) is 2.55. The molecule has 1 atom stereocenters. The number of rotatable bonds is 4. The van der Waals surface area contributed by atoms with Crippen LogP contribution in [0.2, 0.25) is 0 Å². The molecule has 0 bridgehead atoms. The lowest BCUT2D eigenvalue weighted by atomic mass is 9.71.